The molecule has 0 saturated heterocycles. The van der Waals surface area contributed by atoms with E-state index in [1.54, 1.807) is 23.5 Å². The highest BCUT2D eigenvalue weighted by atomic mass is 32.1. The van der Waals surface area contributed by atoms with E-state index < -0.39 is 0 Å². The number of hydrogen-bond donors (Lipinski definition) is 1. The zero-order valence-electron chi connectivity index (χ0n) is 12.3. The molecule has 1 aromatic carbocycles. The minimum absolute atomic E-state index is 0.209. The van der Waals surface area contributed by atoms with Gasteiger partial charge in [-0.3, -0.25) is 4.79 Å². The molecule has 2 aromatic rings. The number of carbonyl (C=O) groups is 1. The normalized spacial score (nSPS) is 17.5. The predicted molar refractivity (Wildman–Crippen MR) is 87.0 cm³/mol. The van der Waals surface area contributed by atoms with Gasteiger partial charge in [0.15, 0.2) is 0 Å². The summed E-state index contributed by atoms with van der Waals surface area (Å²) in [4.78, 5) is 14.1. The van der Waals surface area contributed by atoms with Gasteiger partial charge in [0, 0.05) is 4.88 Å². The van der Waals surface area contributed by atoms with Gasteiger partial charge in [-0.15, -0.1) is 11.3 Å². The number of aryl methyl sites for hydroxylation is 1. The van der Waals surface area contributed by atoms with E-state index in [2.05, 4.69) is 17.5 Å². The number of benzene rings is 1. The standard InChI is InChI=1S/C17H17FN2OS/c1-11-5-6-15-13(7-11)9-16(22-15)17(21)20-19-10-12-3-2-4-14(18)8-12/h2-4,8-11H,5-7H2,1H3,(H,20,21)/b19-10+. The third kappa shape index (κ3) is 3.42. The third-order valence-electron chi connectivity index (χ3n) is 3.78. The van der Waals surface area contributed by atoms with Crippen LogP contribution in [-0.2, 0) is 12.8 Å². The first kappa shape index (κ1) is 14.9. The number of nitrogens with zero attached hydrogens (tertiary/aromatic N) is 1. The van der Waals surface area contributed by atoms with Crippen LogP contribution < -0.4 is 5.43 Å². The number of hydrogen-bond acceptors (Lipinski definition) is 3. The maximum Gasteiger partial charge on any atom is 0.281 e. The lowest BCUT2D eigenvalue weighted by Crippen LogP contribution is -2.16. The molecule has 22 heavy (non-hydrogen) atoms. The Kier molecular flexibility index (Phi) is 4.34. The largest absolute Gasteiger partial charge is 0.281 e. The van der Waals surface area contributed by atoms with Gasteiger partial charge in [-0.05, 0) is 54.5 Å². The van der Waals surface area contributed by atoms with Crippen molar-refractivity contribution in [3.8, 4) is 0 Å². The van der Waals surface area contributed by atoms with Crippen LogP contribution >= 0.6 is 11.3 Å². The highest BCUT2D eigenvalue weighted by Gasteiger charge is 2.20. The first-order valence-electron chi connectivity index (χ1n) is 7.32. The van der Waals surface area contributed by atoms with E-state index in [-0.39, 0.29) is 11.7 Å². The van der Waals surface area contributed by atoms with Crippen molar-refractivity contribution in [2.75, 3.05) is 0 Å². The molecule has 0 saturated carbocycles. The Morgan fingerprint density at radius 2 is 2.32 bits per heavy atom. The summed E-state index contributed by atoms with van der Waals surface area (Å²) in [5.41, 5.74) is 4.41. The smallest absolute Gasteiger partial charge is 0.266 e. The Hall–Kier alpha value is -2.01. The van der Waals surface area contributed by atoms with Gasteiger partial charge in [-0.25, -0.2) is 9.82 Å². The summed E-state index contributed by atoms with van der Waals surface area (Å²) in [6, 6.07) is 8.04. The molecule has 0 fully saturated rings. The van der Waals surface area contributed by atoms with Gasteiger partial charge in [0.1, 0.15) is 5.82 Å². The Balaban J connectivity index is 1.65. The van der Waals surface area contributed by atoms with E-state index in [1.165, 1.54) is 35.2 Å². The number of halogens is 1. The maximum atomic E-state index is 13.0. The van der Waals surface area contributed by atoms with E-state index >= 15 is 0 Å². The molecule has 3 nitrogen and oxygen atoms in total. The van der Waals surface area contributed by atoms with Crippen molar-refractivity contribution in [2.24, 2.45) is 11.0 Å². The molecule has 0 spiro atoms. The van der Waals surface area contributed by atoms with Crippen molar-refractivity contribution < 1.29 is 9.18 Å². The molecule has 1 heterocycles. The van der Waals surface area contributed by atoms with Crippen molar-refractivity contribution in [1.29, 1.82) is 0 Å². The summed E-state index contributed by atoms with van der Waals surface area (Å²) in [5.74, 6) is 0.152. The van der Waals surface area contributed by atoms with Crippen molar-refractivity contribution >= 4 is 23.5 Å². The topological polar surface area (TPSA) is 41.5 Å². The molecule has 1 N–H and O–H groups in total. The average Bonchev–Trinajstić information content (AvgIpc) is 2.90. The molecule has 1 aliphatic carbocycles. The molecular formula is C17H17FN2OS. The van der Waals surface area contributed by atoms with Crippen LogP contribution in [0.2, 0.25) is 0 Å². The Labute approximate surface area is 132 Å². The van der Waals surface area contributed by atoms with E-state index in [1.807, 2.05) is 6.07 Å². The molecule has 114 valence electrons. The number of fused-ring (bicyclic) bond motifs is 1. The first-order chi connectivity index (χ1) is 10.6. The number of rotatable bonds is 3. The lowest BCUT2D eigenvalue weighted by Gasteiger charge is -2.16. The molecular weight excluding hydrogens is 299 g/mol. The van der Waals surface area contributed by atoms with Crippen LogP contribution in [0.25, 0.3) is 0 Å². The summed E-state index contributed by atoms with van der Waals surface area (Å²) in [7, 11) is 0. The molecule has 1 atom stereocenters. The number of nitrogens with one attached hydrogen (secondary N) is 1. The maximum absolute atomic E-state index is 13.0. The van der Waals surface area contributed by atoms with E-state index in [4.69, 9.17) is 0 Å². The molecule has 5 heteroatoms. The average molecular weight is 316 g/mol. The molecule has 1 aromatic heterocycles. The van der Waals surface area contributed by atoms with E-state index in [0.29, 0.717) is 16.4 Å². The molecule has 0 aliphatic heterocycles. The molecule has 1 aliphatic rings. The van der Waals surface area contributed by atoms with Crippen LogP contribution in [0.5, 0.6) is 0 Å². The third-order valence-corrected chi connectivity index (χ3v) is 5.02. The van der Waals surface area contributed by atoms with Gasteiger partial charge in [-0.1, -0.05) is 19.1 Å². The van der Waals surface area contributed by atoms with Crippen LogP contribution in [0.4, 0.5) is 4.39 Å². The number of amides is 1. The monoisotopic (exact) mass is 316 g/mol. The fourth-order valence-corrected chi connectivity index (χ4v) is 3.72. The minimum Gasteiger partial charge on any atom is -0.266 e. The van der Waals surface area contributed by atoms with Crippen molar-refractivity contribution in [3.63, 3.8) is 0 Å². The second-order valence-electron chi connectivity index (χ2n) is 5.66. The zero-order valence-corrected chi connectivity index (χ0v) is 13.1. The van der Waals surface area contributed by atoms with Crippen LogP contribution in [0, 0.1) is 11.7 Å². The highest BCUT2D eigenvalue weighted by Crippen LogP contribution is 2.32. The molecule has 1 amide bonds. The fourth-order valence-electron chi connectivity index (χ4n) is 2.63. The minimum atomic E-state index is -0.324. The van der Waals surface area contributed by atoms with Gasteiger partial charge in [0.2, 0.25) is 0 Å². The van der Waals surface area contributed by atoms with Gasteiger partial charge in [0.25, 0.3) is 5.91 Å². The summed E-state index contributed by atoms with van der Waals surface area (Å²) in [6.07, 6.45) is 4.73. The second kappa shape index (κ2) is 6.40. The Morgan fingerprint density at radius 3 is 3.14 bits per heavy atom. The predicted octanol–water partition coefficient (Wildman–Crippen LogP) is 3.78. The van der Waals surface area contributed by atoms with E-state index in [0.717, 1.165) is 12.8 Å². The number of thiophene rings is 1. The zero-order chi connectivity index (χ0) is 15.5. The van der Waals surface area contributed by atoms with Crippen molar-refractivity contribution in [2.45, 2.75) is 26.2 Å². The first-order valence-corrected chi connectivity index (χ1v) is 8.14. The number of carbonyl (C=O) groups excluding carboxylic acids is 1. The Bertz CT molecular complexity index is 723. The van der Waals surface area contributed by atoms with Crippen LogP contribution in [0.1, 0.15) is 39.0 Å². The van der Waals surface area contributed by atoms with Crippen LogP contribution in [0.3, 0.4) is 0 Å². The van der Waals surface area contributed by atoms with Crippen molar-refractivity contribution in [1.82, 2.24) is 5.43 Å². The van der Waals surface area contributed by atoms with Gasteiger partial charge in [0.05, 0.1) is 11.1 Å². The molecule has 3 rings (SSSR count). The van der Waals surface area contributed by atoms with Crippen LogP contribution in [0.15, 0.2) is 35.4 Å². The summed E-state index contributed by atoms with van der Waals surface area (Å²) in [5, 5.41) is 3.90. The summed E-state index contributed by atoms with van der Waals surface area (Å²) in [6.45, 7) is 2.24. The number of hydrazone groups is 1. The molecule has 1 unspecified atom stereocenters. The lowest BCUT2D eigenvalue weighted by molar-refractivity contribution is 0.0959. The van der Waals surface area contributed by atoms with Crippen LogP contribution in [-0.4, -0.2) is 12.1 Å². The summed E-state index contributed by atoms with van der Waals surface area (Å²) < 4.78 is 13.0. The second-order valence-corrected chi connectivity index (χ2v) is 6.80. The summed E-state index contributed by atoms with van der Waals surface area (Å²) >= 11 is 1.55. The van der Waals surface area contributed by atoms with Crippen molar-refractivity contribution in [3.05, 3.63) is 57.0 Å². The molecule has 0 bridgehead atoms. The quantitative estimate of drug-likeness (QED) is 0.679. The SMILES string of the molecule is CC1CCc2sc(C(=O)N/N=C/c3cccc(F)c3)cc2C1. The lowest BCUT2D eigenvalue weighted by atomic mass is 9.90. The van der Waals surface area contributed by atoms with Gasteiger partial charge < -0.3 is 0 Å². The highest BCUT2D eigenvalue weighted by molar-refractivity contribution is 7.14. The Morgan fingerprint density at radius 1 is 1.45 bits per heavy atom. The molecule has 0 radical (unpaired) electrons. The fraction of sp³-hybridized carbons (Fsp3) is 0.294. The van der Waals surface area contributed by atoms with E-state index in [9.17, 15) is 9.18 Å². The van der Waals surface area contributed by atoms with Gasteiger partial charge >= 0.3 is 0 Å². The van der Waals surface area contributed by atoms with Gasteiger partial charge in [-0.2, -0.15) is 5.10 Å².